The molecule has 2 aromatic rings. The molecule has 21 heavy (non-hydrogen) atoms. The van der Waals surface area contributed by atoms with Crippen molar-refractivity contribution in [2.24, 2.45) is 0 Å². The van der Waals surface area contributed by atoms with Crippen molar-refractivity contribution < 1.29 is 26.3 Å². The van der Waals surface area contributed by atoms with Crippen LogP contribution in [0.2, 0.25) is 0 Å². The number of rotatable bonds is 1. The fourth-order valence-electron chi connectivity index (χ4n) is 1.57. The van der Waals surface area contributed by atoms with E-state index in [1.54, 1.807) is 0 Å². The number of aryl methyl sites for hydroxylation is 1. The first kappa shape index (κ1) is 15.2. The predicted octanol–water partition coefficient (Wildman–Crippen LogP) is 3.88. The van der Waals surface area contributed by atoms with Gasteiger partial charge in [0.25, 0.3) is 0 Å². The molecule has 0 fully saturated rings. The molecule has 9 heteroatoms. The minimum Gasteiger partial charge on any atom is -0.249 e. The summed E-state index contributed by atoms with van der Waals surface area (Å²) in [6, 6.07) is 1.95. The lowest BCUT2D eigenvalue weighted by Gasteiger charge is -2.10. The second-order valence-electron chi connectivity index (χ2n) is 4.17. The van der Waals surface area contributed by atoms with E-state index in [0.29, 0.717) is 18.5 Å². The van der Waals surface area contributed by atoms with Crippen molar-refractivity contribution in [1.82, 2.24) is 15.0 Å². The fourth-order valence-corrected chi connectivity index (χ4v) is 1.57. The highest BCUT2D eigenvalue weighted by Crippen LogP contribution is 2.31. The first-order valence-corrected chi connectivity index (χ1v) is 5.53. The van der Waals surface area contributed by atoms with Gasteiger partial charge in [-0.05, 0) is 19.1 Å². The SMILES string of the molecule is Cc1cc(-c2ncc(C(F)(F)F)cn2)cc(C(F)(F)F)n1. The van der Waals surface area contributed by atoms with Gasteiger partial charge >= 0.3 is 12.4 Å². The lowest BCUT2D eigenvalue weighted by molar-refractivity contribution is -0.141. The van der Waals surface area contributed by atoms with Crippen LogP contribution in [0.5, 0.6) is 0 Å². The van der Waals surface area contributed by atoms with Gasteiger partial charge in [-0.1, -0.05) is 0 Å². The van der Waals surface area contributed by atoms with E-state index in [2.05, 4.69) is 15.0 Å². The molecule has 0 aliphatic heterocycles. The van der Waals surface area contributed by atoms with Gasteiger partial charge in [-0.3, -0.25) is 0 Å². The summed E-state index contributed by atoms with van der Waals surface area (Å²) in [6.45, 7) is 1.34. The zero-order valence-electron chi connectivity index (χ0n) is 10.4. The Labute approximate surface area is 114 Å². The Morgan fingerprint density at radius 3 is 1.90 bits per heavy atom. The monoisotopic (exact) mass is 307 g/mol. The van der Waals surface area contributed by atoms with Crippen molar-refractivity contribution in [3.63, 3.8) is 0 Å². The van der Waals surface area contributed by atoms with Crippen molar-refractivity contribution in [2.45, 2.75) is 19.3 Å². The van der Waals surface area contributed by atoms with E-state index < -0.39 is 23.6 Å². The van der Waals surface area contributed by atoms with Gasteiger partial charge in [-0.2, -0.15) is 26.3 Å². The van der Waals surface area contributed by atoms with E-state index in [9.17, 15) is 26.3 Å². The van der Waals surface area contributed by atoms with E-state index in [0.717, 1.165) is 0 Å². The maximum atomic E-state index is 12.6. The van der Waals surface area contributed by atoms with Crippen LogP contribution in [0.3, 0.4) is 0 Å². The predicted molar refractivity (Wildman–Crippen MR) is 60.0 cm³/mol. The van der Waals surface area contributed by atoms with Crippen LogP contribution in [0.15, 0.2) is 24.5 Å². The Morgan fingerprint density at radius 2 is 1.43 bits per heavy atom. The Morgan fingerprint density at radius 1 is 0.857 bits per heavy atom. The van der Waals surface area contributed by atoms with Gasteiger partial charge in [0.15, 0.2) is 5.82 Å². The Balaban J connectivity index is 2.45. The number of pyridine rings is 1. The highest BCUT2D eigenvalue weighted by Gasteiger charge is 2.34. The third-order valence-corrected chi connectivity index (χ3v) is 2.48. The van der Waals surface area contributed by atoms with Crippen LogP contribution in [-0.2, 0) is 12.4 Å². The van der Waals surface area contributed by atoms with Crippen molar-refractivity contribution >= 4 is 0 Å². The zero-order chi connectivity index (χ0) is 15.8. The summed E-state index contributed by atoms with van der Waals surface area (Å²) < 4.78 is 75.0. The highest BCUT2D eigenvalue weighted by atomic mass is 19.4. The molecular formula is C12H7F6N3. The molecule has 112 valence electrons. The average molecular weight is 307 g/mol. The fraction of sp³-hybridized carbons (Fsp3) is 0.250. The molecule has 2 aromatic heterocycles. The molecule has 0 unspecified atom stereocenters. The van der Waals surface area contributed by atoms with E-state index >= 15 is 0 Å². The quantitative estimate of drug-likeness (QED) is 0.750. The number of nitrogens with zero attached hydrogens (tertiary/aromatic N) is 3. The van der Waals surface area contributed by atoms with E-state index in [4.69, 9.17) is 0 Å². The largest absolute Gasteiger partial charge is 0.433 e. The summed E-state index contributed by atoms with van der Waals surface area (Å²) in [5.74, 6) is -0.237. The van der Waals surface area contributed by atoms with Crippen LogP contribution in [-0.4, -0.2) is 15.0 Å². The minimum absolute atomic E-state index is 0.0523. The molecule has 0 aliphatic carbocycles. The van der Waals surface area contributed by atoms with Gasteiger partial charge in [0.05, 0.1) is 5.56 Å². The first-order chi connectivity index (χ1) is 9.57. The summed E-state index contributed by atoms with van der Waals surface area (Å²) >= 11 is 0. The van der Waals surface area contributed by atoms with Crippen LogP contribution in [0, 0.1) is 6.92 Å². The molecular weight excluding hydrogens is 300 g/mol. The molecule has 0 saturated carbocycles. The summed E-state index contributed by atoms with van der Waals surface area (Å²) in [6.07, 6.45) is -8.23. The molecule has 0 spiro atoms. The molecule has 3 nitrogen and oxygen atoms in total. The summed E-state index contributed by atoms with van der Waals surface area (Å²) in [4.78, 5) is 10.2. The number of alkyl halides is 6. The summed E-state index contributed by atoms with van der Waals surface area (Å²) in [5.41, 5.74) is -2.22. The lowest BCUT2D eigenvalue weighted by atomic mass is 10.1. The molecule has 0 atom stereocenters. The van der Waals surface area contributed by atoms with Crippen LogP contribution in [0.4, 0.5) is 26.3 Å². The Kier molecular flexibility index (Phi) is 3.60. The zero-order valence-corrected chi connectivity index (χ0v) is 10.4. The molecule has 2 rings (SSSR count). The minimum atomic E-state index is -4.66. The molecule has 2 heterocycles. The van der Waals surface area contributed by atoms with Crippen molar-refractivity contribution in [3.05, 3.63) is 41.5 Å². The van der Waals surface area contributed by atoms with Gasteiger partial charge in [-0.25, -0.2) is 15.0 Å². The summed E-state index contributed by atoms with van der Waals surface area (Å²) in [5, 5.41) is 0. The maximum absolute atomic E-state index is 12.6. The summed E-state index contributed by atoms with van der Waals surface area (Å²) in [7, 11) is 0. The van der Waals surface area contributed by atoms with Crippen LogP contribution < -0.4 is 0 Å². The van der Waals surface area contributed by atoms with Gasteiger partial charge in [0, 0.05) is 23.7 Å². The number of halogens is 6. The van der Waals surface area contributed by atoms with E-state index in [-0.39, 0.29) is 17.1 Å². The molecule has 0 radical (unpaired) electrons. The maximum Gasteiger partial charge on any atom is 0.433 e. The first-order valence-electron chi connectivity index (χ1n) is 5.53. The van der Waals surface area contributed by atoms with Gasteiger partial charge < -0.3 is 0 Å². The average Bonchev–Trinajstić information content (AvgIpc) is 2.36. The van der Waals surface area contributed by atoms with E-state index in [1.165, 1.54) is 13.0 Å². The smallest absolute Gasteiger partial charge is 0.249 e. The molecule has 0 N–H and O–H groups in total. The topological polar surface area (TPSA) is 38.7 Å². The Hall–Kier alpha value is -2.19. The number of hydrogen-bond donors (Lipinski definition) is 0. The van der Waals surface area contributed by atoms with Crippen molar-refractivity contribution in [1.29, 1.82) is 0 Å². The normalized spacial score (nSPS) is 12.5. The molecule has 0 bridgehead atoms. The molecule has 0 saturated heterocycles. The van der Waals surface area contributed by atoms with Gasteiger partial charge in [0.2, 0.25) is 0 Å². The standard InChI is InChI=1S/C12H7F6N3/c1-6-2-7(3-9(21-6)12(16,17)18)10-19-4-8(5-20-10)11(13,14)15/h2-5H,1H3. The third kappa shape index (κ3) is 3.47. The van der Waals surface area contributed by atoms with Gasteiger partial charge in [-0.15, -0.1) is 0 Å². The van der Waals surface area contributed by atoms with Gasteiger partial charge in [0.1, 0.15) is 5.69 Å². The molecule has 0 aliphatic rings. The lowest BCUT2D eigenvalue weighted by Crippen LogP contribution is -2.10. The number of aromatic nitrogens is 3. The van der Waals surface area contributed by atoms with Crippen LogP contribution in [0.25, 0.3) is 11.4 Å². The van der Waals surface area contributed by atoms with Crippen LogP contribution >= 0.6 is 0 Å². The molecule has 0 amide bonds. The van der Waals surface area contributed by atoms with Crippen molar-refractivity contribution in [3.8, 4) is 11.4 Å². The van der Waals surface area contributed by atoms with E-state index in [1.807, 2.05) is 0 Å². The second-order valence-corrected chi connectivity index (χ2v) is 4.17. The Bertz CT molecular complexity index is 646. The second kappa shape index (κ2) is 4.97. The number of hydrogen-bond acceptors (Lipinski definition) is 3. The van der Waals surface area contributed by atoms with Crippen LogP contribution in [0.1, 0.15) is 17.0 Å². The molecule has 0 aromatic carbocycles. The van der Waals surface area contributed by atoms with Crippen molar-refractivity contribution in [2.75, 3.05) is 0 Å². The highest BCUT2D eigenvalue weighted by molar-refractivity contribution is 5.56. The third-order valence-electron chi connectivity index (χ3n) is 2.48.